The van der Waals surface area contributed by atoms with Crippen molar-refractivity contribution in [3.8, 4) is 0 Å². The number of piperidine rings is 1. The van der Waals surface area contributed by atoms with Crippen molar-refractivity contribution in [2.75, 3.05) is 31.5 Å². The number of pyridine rings is 1. The lowest BCUT2D eigenvalue weighted by Gasteiger charge is -2.26. The Morgan fingerprint density at radius 2 is 1.90 bits per heavy atom. The Morgan fingerprint density at radius 1 is 1.17 bits per heavy atom. The first-order valence-corrected chi connectivity index (χ1v) is 10.5. The molecule has 156 valence electrons. The lowest BCUT2D eigenvalue weighted by molar-refractivity contribution is 0.0946. The molecule has 1 aliphatic heterocycles. The molecular formula is C20H22F3IN4O. The highest BCUT2D eigenvalue weighted by Crippen LogP contribution is 2.29. The molecule has 1 aliphatic rings. The molecule has 0 bridgehead atoms. The van der Waals surface area contributed by atoms with Gasteiger partial charge in [0.25, 0.3) is 5.91 Å². The van der Waals surface area contributed by atoms with Gasteiger partial charge in [0, 0.05) is 22.9 Å². The molecule has 0 radical (unpaired) electrons. The standard InChI is InChI=1S/C20H22F3IN4O/c1-12-9-13(24)11-26-19(12)27-18-14(10-15(21)16(22)17(18)23)20(29)25-5-8-28-6-3-2-4-7-28/h9-11H,2-8H2,1H3,(H,25,29)(H,26,27). The third-order valence-corrected chi connectivity index (χ3v) is 5.45. The molecule has 1 amide bonds. The van der Waals surface area contributed by atoms with Crippen LogP contribution >= 0.6 is 22.6 Å². The van der Waals surface area contributed by atoms with Crippen LogP contribution in [-0.4, -0.2) is 42.0 Å². The minimum atomic E-state index is -1.64. The van der Waals surface area contributed by atoms with Gasteiger partial charge in [-0.2, -0.15) is 0 Å². The maximum Gasteiger partial charge on any atom is 0.253 e. The van der Waals surface area contributed by atoms with E-state index in [-0.39, 0.29) is 11.4 Å². The topological polar surface area (TPSA) is 57.3 Å². The number of aryl methyl sites for hydroxylation is 1. The number of anilines is 2. The van der Waals surface area contributed by atoms with Gasteiger partial charge in [0.1, 0.15) is 5.82 Å². The van der Waals surface area contributed by atoms with Crippen LogP contribution < -0.4 is 10.6 Å². The summed E-state index contributed by atoms with van der Waals surface area (Å²) in [6.45, 7) is 4.67. The molecule has 0 aliphatic carbocycles. The highest BCUT2D eigenvalue weighted by molar-refractivity contribution is 14.1. The van der Waals surface area contributed by atoms with Crippen molar-refractivity contribution in [1.82, 2.24) is 15.2 Å². The number of benzene rings is 1. The smallest absolute Gasteiger partial charge is 0.253 e. The van der Waals surface area contributed by atoms with E-state index in [0.29, 0.717) is 24.7 Å². The lowest BCUT2D eigenvalue weighted by atomic mass is 10.1. The van der Waals surface area contributed by atoms with Gasteiger partial charge in [-0.15, -0.1) is 0 Å². The van der Waals surface area contributed by atoms with Crippen LogP contribution in [0.2, 0.25) is 0 Å². The van der Waals surface area contributed by atoms with E-state index in [1.54, 1.807) is 19.2 Å². The monoisotopic (exact) mass is 518 g/mol. The van der Waals surface area contributed by atoms with Crippen molar-refractivity contribution in [3.05, 3.63) is 50.5 Å². The number of amides is 1. The maximum absolute atomic E-state index is 14.5. The summed E-state index contributed by atoms with van der Waals surface area (Å²) in [5.41, 5.74) is -0.0616. The van der Waals surface area contributed by atoms with Crippen LogP contribution in [0.1, 0.15) is 35.2 Å². The zero-order valence-electron chi connectivity index (χ0n) is 16.0. The van der Waals surface area contributed by atoms with Gasteiger partial charge in [0.05, 0.1) is 11.3 Å². The van der Waals surface area contributed by atoms with Crippen LogP contribution in [0.4, 0.5) is 24.7 Å². The molecule has 2 heterocycles. The number of hydrogen-bond donors (Lipinski definition) is 2. The predicted octanol–water partition coefficient (Wildman–Crippen LogP) is 4.37. The third-order valence-electron chi connectivity index (χ3n) is 4.86. The number of nitrogens with one attached hydrogen (secondary N) is 2. The summed E-state index contributed by atoms with van der Waals surface area (Å²) in [5, 5.41) is 5.33. The Morgan fingerprint density at radius 3 is 2.59 bits per heavy atom. The molecule has 0 atom stereocenters. The molecular weight excluding hydrogens is 496 g/mol. The van der Waals surface area contributed by atoms with Crippen molar-refractivity contribution in [2.45, 2.75) is 26.2 Å². The van der Waals surface area contributed by atoms with Crippen molar-refractivity contribution >= 4 is 40.0 Å². The number of halogens is 4. The van der Waals surface area contributed by atoms with Gasteiger partial charge >= 0.3 is 0 Å². The van der Waals surface area contributed by atoms with Gasteiger partial charge in [-0.3, -0.25) is 4.79 Å². The fraction of sp³-hybridized carbons (Fsp3) is 0.400. The van der Waals surface area contributed by atoms with Crippen LogP contribution in [0.5, 0.6) is 0 Å². The summed E-state index contributed by atoms with van der Waals surface area (Å²) in [5.74, 6) is -4.92. The van der Waals surface area contributed by atoms with Crippen LogP contribution in [0.15, 0.2) is 18.3 Å². The van der Waals surface area contributed by atoms with Gasteiger partial charge in [-0.05, 0) is 73.1 Å². The number of hydrogen-bond acceptors (Lipinski definition) is 4. The molecule has 2 aromatic rings. The molecule has 1 aromatic heterocycles. The minimum Gasteiger partial charge on any atom is -0.351 e. The second kappa shape index (κ2) is 9.75. The Balaban J connectivity index is 1.80. The summed E-state index contributed by atoms with van der Waals surface area (Å²) in [7, 11) is 0. The second-order valence-corrected chi connectivity index (χ2v) is 8.26. The van der Waals surface area contributed by atoms with E-state index in [9.17, 15) is 18.0 Å². The summed E-state index contributed by atoms with van der Waals surface area (Å²) in [6.07, 6.45) is 5.00. The molecule has 29 heavy (non-hydrogen) atoms. The number of carbonyl (C=O) groups excluding carboxylic acids is 1. The average molecular weight is 518 g/mol. The summed E-state index contributed by atoms with van der Waals surface area (Å²) in [6, 6.07) is 2.51. The van der Waals surface area contributed by atoms with Crippen molar-refractivity contribution in [3.63, 3.8) is 0 Å². The van der Waals surface area contributed by atoms with Crippen molar-refractivity contribution < 1.29 is 18.0 Å². The third kappa shape index (κ3) is 5.39. The quantitative estimate of drug-likeness (QED) is 0.441. The highest BCUT2D eigenvalue weighted by atomic mass is 127. The largest absolute Gasteiger partial charge is 0.351 e. The first-order valence-electron chi connectivity index (χ1n) is 9.44. The van der Waals surface area contributed by atoms with Gasteiger partial charge in [0.15, 0.2) is 17.5 Å². The maximum atomic E-state index is 14.5. The summed E-state index contributed by atoms with van der Waals surface area (Å²) in [4.78, 5) is 19.0. The average Bonchev–Trinajstić information content (AvgIpc) is 2.70. The Kier molecular flexibility index (Phi) is 7.33. The number of likely N-dealkylation sites (tertiary alicyclic amines) is 1. The van der Waals surface area contributed by atoms with E-state index in [2.05, 4.69) is 43.1 Å². The van der Waals surface area contributed by atoms with Gasteiger partial charge in [0.2, 0.25) is 0 Å². The number of rotatable bonds is 6. The molecule has 1 saturated heterocycles. The second-order valence-electron chi connectivity index (χ2n) is 7.01. The summed E-state index contributed by atoms with van der Waals surface area (Å²) < 4.78 is 43.0. The number of carbonyl (C=O) groups is 1. The molecule has 0 spiro atoms. The first kappa shape index (κ1) is 21.8. The van der Waals surface area contributed by atoms with E-state index in [0.717, 1.165) is 29.5 Å². The summed E-state index contributed by atoms with van der Waals surface area (Å²) >= 11 is 2.08. The van der Waals surface area contributed by atoms with Crippen molar-refractivity contribution in [2.24, 2.45) is 0 Å². The Labute approximate surface area is 181 Å². The van der Waals surface area contributed by atoms with Crippen LogP contribution in [0.3, 0.4) is 0 Å². The molecule has 0 saturated carbocycles. The SMILES string of the molecule is Cc1cc(I)cnc1Nc1c(C(=O)NCCN2CCCCC2)cc(F)c(F)c1F. The lowest BCUT2D eigenvalue weighted by Crippen LogP contribution is -2.37. The minimum absolute atomic E-state index is 0.262. The van der Waals surface area contributed by atoms with Crippen molar-refractivity contribution in [1.29, 1.82) is 0 Å². The van der Waals surface area contributed by atoms with E-state index >= 15 is 0 Å². The fourth-order valence-electron chi connectivity index (χ4n) is 3.29. The Hall–Kier alpha value is -1.88. The molecule has 2 N–H and O–H groups in total. The predicted molar refractivity (Wildman–Crippen MR) is 114 cm³/mol. The van der Waals surface area contributed by atoms with E-state index in [4.69, 9.17) is 0 Å². The van der Waals surface area contributed by atoms with E-state index in [1.165, 1.54) is 6.42 Å². The van der Waals surface area contributed by atoms with Gasteiger partial charge in [-0.1, -0.05) is 6.42 Å². The zero-order valence-corrected chi connectivity index (χ0v) is 18.2. The zero-order chi connectivity index (χ0) is 21.0. The van der Waals surface area contributed by atoms with Crippen LogP contribution in [0, 0.1) is 27.9 Å². The van der Waals surface area contributed by atoms with E-state index in [1.807, 2.05) is 0 Å². The highest BCUT2D eigenvalue weighted by Gasteiger charge is 2.24. The van der Waals surface area contributed by atoms with Crippen LogP contribution in [0.25, 0.3) is 0 Å². The number of nitrogens with zero attached hydrogens (tertiary/aromatic N) is 2. The fourth-order valence-corrected chi connectivity index (χ4v) is 3.90. The van der Waals surface area contributed by atoms with E-state index < -0.39 is 29.0 Å². The van der Waals surface area contributed by atoms with Crippen LogP contribution in [-0.2, 0) is 0 Å². The number of aromatic nitrogens is 1. The van der Waals surface area contributed by atoms with Gasteiger partial charge in [-0.25, -0.2) is 18.2 Å². The normalized spacial score (nSPS) is 14.7. The molecule has 0 unspecified atom stereocenters. The molecule has 5 nitrogen and oxygen atoms in total. The Bertz CT molecular complexity index is 904. The molecule has 1 fully saturated rings. The molecule has 1 aromatic carbocycles. The first-order chi connectivity index (χ1) is 13.9. The molecule has 3 rings (SSSR count). The van der Waals surface area contributed by atoms with Gasteiger partial charge < -0.3 is 15.5 Å². The molecule has 9 heteroatoms.